The Labute approximate surface area is 137 Å². The van der Waals surface area contributed by atoms with Crippen molar-refractivity contribution in [2.75, 3.05) is 0 Å². The first kappa shape index (κ1) is 14.6. The van der Waals surface area contributed by atoms with Crippen LogP contribution in [0.3, 0.4) is 0 Å². The fourth-order valence-electron chi connectivity index (χ4n) is 2.91. The van der Waals surface area contributed by atoms with Gasteiger partial charge in [-0.3, -0.25) is 4.79 Å². The zero-order valence-corrected chi connectivity index (χ0v) is 13.1. The molecule has 23 heavy (non-hydrogen) atoms. The number of carbonyl (C=O) groups excluding carboxylic acids is 1. The van der Waals surface area contributed by atoms with E-state index < -0.39 is 5.82 Å². The summed E-state index contributed by atoms with van der Waals surface area (Å²) in [4.78, 5) is 18.3. The van der Waals surface area contributed by atoms with E-state index in [1.807, 2.05) is 0 Å². The van der Waals surface area contributed by atoms with Crippen molar-refractivity contribution in [2.24, 2.45) is 0 Å². The third-order valence-electron chi connectivity index (χ3n) is 4.37. The van der Waals surface area contributed by atoms with Gasteiger partial charge in [0.25, 0.3) is 0 Å². The number of nitrogens with zero attached hydrogens (tertiary/aromatic N) is 3. The predicted octanol–water partition coefficient (Wildman–Crippen LogP) is 3.60. The Hall–Kier alpha value is -1.95. The van der Waals surface area contributed by atoms with Crippen molar-refractivity contribution in [1.29, 1.82) is 0 Å². The first-order valence-electron chi connectivity index (χ1n) is 7.68. The minimum Gasteiger partial charge on any atom is -0.337 e. The van der Waals surface area contributed by atoms with E-state index in [4.69, 9.17) is 16.1 Å². The first-order valence-corrected chi connectivity index (χ1v) is 8.06. The summed E-state index contributed by atoms with van der Waals surface area (Å²) in [5.74, 6) is 1.25. The number of carbonyl (C=O) groups is 1. The zero-order valence-electron chi connectivity index (χ0n) is 12.3. The van der Waals surface area contributed by atoms with Crippen LogP contribution in [0.25, 0.3) is 0 Å². The van der Waals surface area contributed by atoms with Crippen LogP contribution >= 0.6 is 11.6 Å². The van der Waals surface area contributed by atoms with Gasteiger partial charge in [0, 0.05) is 23.9 Å². The second-order valence-electron chi connectivity index (χ2n) is 6.08. The zero-order chi connectivity index (χ0) is 16.0. The van der Waals surface area contributed by atoms with Gasteiger partial charge in [0.05, 0.1) is 0 Å². The van der Waals surface area contributed by atoms with Crippen LogP contribution in [-0.4, -0.2) is 20.9 Å². The van der Waals surface area contributed by atoms with Crippen molar-refractivity contribution in [3.05, 3.63) is 46.3 Å². The second-order valence-corrected chi connectivity index (χ2v) is 6.48. The lowest BCUT2D eigenvalue weighted by Crippen LogP contribution is -2.27. The molecule has 0 bridgehead atoms. The molecule has 0 spiro atoms. The van der Waals surface area contributed by atoms with Gasteiger partial charge < -0.3 is 9.42 Å². The molecular weight excluding hydrogens is 321 g/mol. The Morgan fingerprint density at radius 3 is 2.91 bits per heavy atom. The number of aromatic nitrogens is 2. The summed E-state index contributed by atoms with van der Waals surface area (Å²) in [6.07, 6.45) is 3.27. The molecule has 1 saturated carbocycles. The van der Waals surface area contributed by atoms with Crippen LogP contribution in [0.4, 0.5) is 4.39 Å². The van der Waals surface area contributed by atoms with Crippen LogP contribution in [0.1, 0.15) is 54.9 Å². The molecular formula is C16H15ClFN3O2. The lowest BCUT2D eigenvalue weighted by molar-refractivity contribution is -0.129. The van der Waals surface area contributed by atoms with E-state index in [9.17, 15) is 9.18 Å². The Bertz CT molecular complexity index is 760. The van der Waals surface area contributed by atoms with Crippen LogP contribution < -0.4 is 0 Å². The third-order valence-corrected chi connectivity index (χ3v) is 4.72. The Morgan fingerprint density at radius 2 is 2.17 bits per heavy atom. The van der Waals surface area contributed by atoms with Crippen molar-refractivity contribution in [2.45, 2.75) is 44.2 Å². The molecule has 2 heterocycles. The van der Waals surface area contributed by atoms with Gasteiger partial charge >= 0.3 is 0 Å². The van der Waals surface area contributed by atoms with E-state index in [0.29, 0.717) is 41.8 Å². The molecule has 1 amide bonds. The SMILES string of the molecule is O=C1CCC(c2nc(C3CC3)no2)N1Cc1ccc(F)cc1Cl. The van der Waals surface area contributed by atoms with Crippen LogP contribution in [0, 0.1) is 5.82 Å². The molecule has 2 aliphatic rings. The molecule has 1 saturated heterocycles. The number of likely N-dealkylation sites (tertiary alicyclic amines) is 1. The predicted molar refractivity (Wildman–Crippen MR) is 80.2 cm³/mol. The lowest BCUT2D eigenvalue weighted by Gasteiger charge is -2.22. The fourth-order valence-corrected chi connectivity index (χ4v) is 3.14. The van der Waals surface area contributed by atoms with Gasteiger partial charge in [-0.05, 0) is 37.0 Å². The van der Waals surface area contributed by atoms with Crippen LogP contribution in [0.2, 0.25) is 5.02 Å². The normalized spacial score (nSPS) is 21.2. The van der Waals surface area contributed by atoms with Gasteiger partial charge in [-0.2, -0.15) is 4.98 Å². The largest absolute Gasteiger partial charge is 0.337 e. The second kappa shape index (κ2) is 5.60. The maximum atomic E-state index is 13.2. The molecule has 1 aliphatic carbocycles. The van der Waals surface area contributed by atoms with E-state index in [-0.39, 0.29) is 11.9 Å². The molecule has 2 fully saturated rings. The van der Waals surface area contributed by atoms with Crippen molar-refractivity contribution in [3.8, 4) is 0 Å². The maximum absolute atomic E-state index is 13.2. The summed E-state index contributed by atoms with van der Waals surface area (Å²) in [5, 5.41) is 4.33. The number of rotatable bonds is 4. The quantitative estimate of drug-likeness (QED) is 0.856. The smallest absolute Gasteiger partial charge is 0.249 e. The van der Waals surface area contributed by atoms with E-state index in [1.54, 1.807) is 11.0 Å². The van der Waals surface area contributed by atoms with Crippen LogP contribution in [0.5, 0.6) is 0 Å². The van der Waals surface area contributed by atoms with Crippen molar-refractivity contribution >= 4 is 17.5 Å². The number of hydrogen-bond acceptors (Lipinski definition) is 4. The Kier molecular flexibility index (Phi) is 3.56. The molecule has 1 aliphatic heterocycles. The molecule has 120 valence electrons. The van der Waals surface area contributed by atoms with Crippen molar-refractivity contribution in [3.63, 3.8) is 0 Å². The highest BCUT2D eigenvalue weighted by molar-refractivity contribution is 6.31. The summed E-state index contributed by atoms with van der Waals surface area (Å²) < 4.78 is 18.5. The molecule has 1 aromatic carbocycles. The lowest BCUT2D eigenvalue weighted by atomic mass is 10.1. The van der Waals surface area contributed by atoms with Gasteiger partial charge in [0.15, 0.2) is 5.82 Å². The average Bonchev–Trinajstić information content (AvgIpc) is 3.15. The highest BCUT2D eigenvalue weighted by atomic mass is 35.5. The number of halogens is 2. The molecule has 4 rings (SSSR count). The number of amides is 1. The van der Waals surface area contributed by atoms with E-state index >= 15 is 0 Å². The average molecular weight is 336 g/mol. The van der Waals surface area contributed by atoms with Gasteiger partial charge in [-0.25, -0.2) is 4.39 Å². The highest BCUT2D eigenvalue weighted by Crippen LogP contribution is 2.40. The number of hydrogen-bond donors (Lipinski definition) is 0. The minimum absolute atomic E-state index is 0.0153. The van der Waals surface area contributed by atoms with Crippen molar-refractivity contribution in [1.82, 2.24) is 15.0 Å². The number of benzene rings is 1. The van der Waals surface area contributed by atoms with Gasteiger partial charge in [0.2, 0.25) is 11.8 Å². The van der Waals surface area contributed by atoms with E-state index in [1.165, 1.54) is 12.1 Å². The molecule has 0 radical (unpaired) electrons. The molecule has 7 heteroatoms. The van der Waals surface area contributed by atoms with Crippen LogP contribution in [-0.2, 0) is 11.3 Å². The minimum atomic E-state index is -0.394. The van der Waals surface area contributed by atoms with E-state index in [2.05, 4.69) is 10.1 Å². The van der Waals surface area contributed by atoms with Crippen LogP contribution in [0.15, 0.2) is 22.7 Å². The third kappa shape index (κ3) is 2.83. The molecule has 5 nitrogen and oxygen atoms in total. The summed E-state index contributed by atoms with van der Waals surface area (Å²) in [6.45, 7) is 0.309. The first-order chi connectivity index (χ1) is 11.1. The fraction of sp³-hybridized carbons (Fsp3) is 0.438. The summed E-state index contributed by atoms with van der Waals surface area (Å²) in [7, 11) is 0. The Balaban J connectivity index is 1.57. The molecule has 2 aromatic rings. The monoisotopic (exact) mass is 335 g/mol. The molecule has 0 N–H and O–H groups in total. The topological polar surface area (TPSA) is 59.2 Å². The summed E-state index contributed by atoms with van der Waals surface area (Å²) >= 11 is 6.07. The molecule has 1 unspecified atom stereocenters. The van der Waals surface area contributed by atoms with Gasteiger partial charge in [0.1, 0.15) is 11.9 Å². The molecule has 1 aromatic heterocycles. The van der Waals surface area contributed by atoms with Gasteiger partial charge in [-0.15, -0.1) is 0 Å². The summed E-state index contributed by atoms with van der Waals surface area (Å²) in [5.41, 5.74) is 0.704. The summed E-state index contributed by atoms with van der Waals surface area (Å²) in [6, 6.07) is 3.96. The van der Waals surface area contributed by atoms with E-state index in [0.717, 1.165) is 18.7 Å². The maximum Gasteiger partial charge on any atom is 0.249 e. The Morgan fingerprint density at radius 1 is 1.35 bits per heavy atom. The highest BCUT2D eigenvalue weighted by Gasteiger charge is 2.37. The van der Waals surface area contributed by atoms with Gasteiger partial charge in [-0.1, -0.05) is 22.8 Å². The molecule has 1 atom stereocenters. The standard InChI is InChI=1S/C16H15ClFN3O2/c17-12-7-11(18)4-3-10(12)8-21-13(5-6-14(21)22)16-19-15(20-23-16)9-1-2-9/h3-4,7,9,13H,1-2,5-6,8H2. The van der Waals surface area contributed by atoms with Crippen molar-refractivity contribution < 1.29 is 13.7 Å².